The lowest BCUT2D eigenvalue weighted by Gasteiger charge is -2.36. The highest BCUT2D eigenvalue weighted by Gasteiger charge is 2.30. The van der Waals surface area contributed by atoms with Crippen molar-refractivity contribution in [2.75, 3.05) is 13.2 Å². The topological polar surface area (TPSA) is 29.5 Å². The zero-order valence-corrected chi connectivity index (χ0v) is 13.0. The van der Waals surface area contributed by atoms with E-state index in [1.54, 1.807) is 11.3 Å². The van der Waals surface area contributed by atoms with E-state index in [0.717, 1.165) is 19.4 Å². The van der Waals surface area contributed by atoms with Gasteiger partial charge in [0.15, 0.2) is 0 Å². The van der Waals surface area contributed by atoms with E-state index in [4.69, 9.17) is 4.74 Å². The van der Waals surface area contributed by atoms with E-state index < -0.39 is 0 Å². The van der Waals surface area contributed by atoms with Gasteiger partial charge in [-0.3, -0.25) is 4.79 Å². The molecule has 1 aromatic rings. The minimum absolute atomic E-state index is 0.110. The van der Waals surface area contributed by atoms with E-state index in [9.17, 15) is 4.79 Å². The van der Waals surface area contributed by atoms with Crippen molar-refractivity contribution in [3.63, 3.8) is 0 Å². The highest BCUT2D eigenvalue weighted by atomic mass is 32.1. The van der Waals surface area contributed by atoms with E-state index in [1.807, 2.05) is 25.7 Å². The van der Waals surface area contributed by atoms with Gasteiger partial charge in [-0.15, -0.1) is 11.3 Å². The molecule has 0 N–H and O–H groups in total. The molecule has 2 heterocycles. The maximum Gasteiger partial charge on any atom is 0.249 e. The number of nitrogens with zero attached hydrogens (tertiary/aromatic N) is 1. The van der Waals surface area contributed by atoms with Gasteiger partial charge in [0.1, 0.15) is 6.61 Å². The number of carbonyl (C=O) groups is 1. The van der Waals surface area contributed by atoms with Gasteiger partial charge in [-0.2, -0.15) is 0 Å². The maximum absolute atomic E-state index is 12.4. The van der Waals surface area contributed by atoms with Crippen molar-refractivity contribution >= 4 is 17.2 Å². The number of amides is 1. The van der Waals surface area contributed by atoms with Gasteiger partial charge in [0.05, 0.1) is 11.6 Å². The lowest BCUT2D eigenvalue weighted by atomic mass is 9.98. The molecule has 0 fully saturated rings. The first-order chi connectivity index (χ1) is 8.92. The van der Waals surface area contributed by atoms with Crippen LogP contribution in [-0.4, -0.2) is 29.6 Å². The van der Waals surface area contributed by atoms with Gasteiger partial charge in [0.25, 0.3) is 0 Å². The maximum atomic E-state index is 12.4. The third kappa shape index (κ3) is 3.37. The zero-order chi connectivity index (χ0) is 14.0. The molecule has 1 aliphatic heterocycles. The van der Waals surface area contributed by atoms with Crippen LogP contribution < -0.4 is 0 Å². The Balaban J connectivity index is 2.06. The first-order valence-electron chi connectivity index (χ1n) is 6.92. The predicted octanol–water partition coefficient (Wildman–Crippen LogP) is 3.40. The van der Waals surface area contributed by atoms with Gasteiger partial charge >= 0.3 is 0 Å². The highest BCUT2D eigenvalue weighted by molar-refractivity contribution is 7.10. The van der Waals surface area contributed by atoms with Gasteiger partial charge in [-0.1, -0.05) is 6.92 Å². The van der Waals surface area contributed by atoms with E-state index >= 15 is 0 Å². The largest absolute Gasteiger partial charge is 0.366 e. The van der Waals surface area contributed by atoms with Crippen molar-refractivity contribution in [3.05, 3.63) is 21.9 Å². The number of hydrogen-bond acceptors (Lipinski definition) is 3. The average molecular weight is 281 g/mol. The summed E-state index contributed by atoms with van der Waals surface area (Å²) in [4.78, 5) is 15.8. The fourth-order valence-electron chi connectivity index (χ4n) is 2.50. The van der Waals surface area contributed by atoms with Crippen LogP contribution in [-0.2, 0) is 16.0 Å². The van der Waals surface area contributed by atoms with Gasteiger partial charge in [-0.25, -0.2) is 0 Å². The fourth-order valence-corrected chi connectivity index (χ4v) is 3.42. The van der Waals surface area contributed by atoms with E-state index in [-0.39, 0.29) is 24.2 Å². The Morgan fingerprint density at radius 1 is 1.53 bits per heavy atom. The number of rotatable bonds is 3. The van der Waals surface area contributed by atoms with Crippen LogP contribution in [0.15, 0.2) is 11.4 Å². The van der Waals surface area contributed by atoms with Crippen LogP contribution in [0.25, 0.3) is 0 Å². The molecule has 19 heavy (non-hydrogen) atoms. The summed E-state index contributed by atoms with van der Waals surface area (Å²) >= 11 is 1.81. The molecule has 106 valence electrons. The van der Waals surface area contributed by atoms with E-state index in [0.29, 0.717) is 0 Å². The van der Waals surface area contributed by atoms with Crippen molar-refractivity contribution in [1.29, 1.82) is 0 Å². The third-order valence-electron chi connectivity index (χ3n) is 3.43. The van der Waals surface area contributed by atoms with Gasteiger partial charge < -0.3 is 9.64 Å². The van der Waals surface area contributed by atoms with Crippen LogP contribution >= 0.6 is 11.3 Å². The lowest BCUT2D eigenvalue weighted by Crippen LogP contribution is -2.42. The van der Waals surface area contributed by atoms with Crippen molar-refractivity contribution < 1.29 is 9.53 Å². The average Bonchev–Trinajstić information content (AvgIpc) is 2.81. The van der Waals surface area contributed by atoms with Crippen LogP contribution in [0.2, 0.25) is 0 Å². The second kappa shape index (κ2) is 5.63. The first-order valence-corrected chi connectivity index (χ1v) is 7.80. The van der Waals surface area contributed by atoms with Gasteiger partial charge in [-0.05, 0) is 50.6 Å². The molecule has 1 aliphatic rings. The smallest absolute Gasteiger partial charge is 0.249 e. The number of carbonyl (C=O) groups excluding carboxylic acids is 1. The number of hydrogen-bond donors (Lipinski definition) is 0. The second-order valence-electron chi connectivity index (χ2n) is 5.96. The summed E-state index contributed by atoms with van der Waals surface area (Å²) in [7, 11) is 0. The van der Waals surface area contributed by atoms with E-state index in [1.165, 1.54) is 10.4 Å². The molecule has 0 aromatic carbocycles. The summed E-state index contributed by atoms with van der Waals surface area (Å²) in [6, 6.07) is 2.39. The minimum Gasteiger partial charge on any atom is -0.366 e. The number of fused-ring (bicyclic) bond motifs is 1. The molecule has 0 radical (unpaired) electrons. The molecule has 1 atom stereocenters. The normalized spacial score (nSPS) is 19.4. The molecule has 0 spiro atoms. The number of thiophene rings is 1. The SMILES string of the molecule is CCC1c2ccsc2CCN1C(=O)COC(C)(C)C. The molecule has 1 amide bonds. The quantitative estimate of drug-likeness (QED) is 0.850. The van der Waals surface area contributed by atoms with E-state index in [2.05, 4.69) is 18.4 Å². The Kier molecular flexibility index (Phi) is 4.31. The third-order valence-corrected chi connectivity index (χ3v) is 4.43. The summed E-state index contributed by atoms with van der Waals surface area (Å²) in [5.74, 6) is 0.110. The van der Waals surface area contributed by atoms with Crippen LogP contribution in [0.1, 0.15) is 50.6 Å². The van der Waals surface area contributed by atoms with Crippen molar-refractivity contribution in [3.8, 4) is 0 Å². The summed E-state index contributed by atoms with van der Waals surface area (Å²) in [6.07, 6.45) is 1.94. The Hall–Kier alpha value is -0.870. The first kappa shape index (κ1) is 14.5. The Bertz CT molecular complexity index is 447. The zero-order valence-electron chi connectivity index (χ0n) is 12.2. The summed E-state index contributed by atoms with van der Waals surface area (Å²) in [6.45, 7) is 9.07. The minimum atomic E-state index is -0.263. The summed E-state index contributed by atoms with van der Waals surface area (Å²) in [5, 5.41) is 2.13. The van der Waals surface area contributed by atoms with Crippen LogP contribution in [0, 0.1) is 0 Å². The van der Waals surface area contributed by atoms with Crippen molar-refractivity contribution in [2.24, 2.45) is 0 Å². The van der Waals surface area contributed by atoms with Gasteiger partial charge in [0, 0.05) is 11.4 Å². The predicted molar refractivity (Wildman–Crippen MR) is 78.5 cm³/mol. The highest BCUT2D eigenvalue weighted by Crippen LogP contribution is 2.35. The van der Waals surface area contributed by atoms with Crippen molar-refractivity contribution in [1.82, 2.24) is 4.90 Å². The molecule has 0 aliphatic carbocycles. The Morgan fingerprint density at radius 2 is 2.26 bits per heavy atom. The van der Waals surface area contributed by atoms with Crippen LogP contribution in [0.4, 0.5) is 0 Å². The molecular formula is C15H23NO2S. The van der Waals surface area contributed by atoms with Crippen LogP contribution in [0.5, 0.6) is 0 Å². The lowest BCUT2D eigenvalue weighted by molar-refractivity contribution is -0.144. The van der Waals surface area contributed by atoms with Gasteiger partial charge in [0.2, 0.25) is 5.91 Å². The molecule has 0 saturated heterocycles. The second-order valence-corrected chi connectivity index (χ2v) is 6.96. The molecular weight excluding hydrogens is 258 g/mol. The fraction of sp³-hybridized carbons (Fsp3) is 0.667. The van der Waals surface area contributed by atoms with Crippen LogP contribution in [0.3, 0.4) is 0 Å². The molecule has 0 bridgehead atoms. The molecule has 1 aromatic heterocycles. The van der Waals surface area contributed by atoms with Crippen molar-refractivity contribution in [2.45, 2.75) is 52.2 Å². The molecule has 2 rings (SSSR count). The Labute approximate surface area is 119 Å². The molecule has 3 nitrogen and oxygen atoms in total. The molecule has 0 saturated carbocycles. The molecule has 4 heteroatoms. The Morgan fingerprint density at radius 3 is 2.89 bits per heavy atom. The number of ether oxygens (including phenoxy) is 1. The standard InChI is InChI=1S/C15H23NO2S/c1-5-12-11-7-9-19-13(11)6-8-16(12)14(17)10-18-15(2,3)4/h7,9,12H,5-6,8,10H2,1-4H3. The molecule has 1 unspecified atom stereocenters. The monoisotopic (exact) mass is 281 g/mol. The summed E-state index contributed by atoms with van der Waals surface area (Å²) in [5.41, 5.74) is 1.07. The summed E-state index contributed by atoms with van der Waals surface area (Å²) < 4.78 is 5.62.